The van der Waals surface area contributed by atoms with Gasteiger partial charge in [0, 0.05) is 12.7 Å². The van der Waals surface area contributed by atoms with Crippen LogP contribution in [0.5, 0.6) is 0 Å². The predicted octanol–water partition coefficient (Wildman–Crippen LogP) is 2.47. The Bertz CT molecular complexity index is 922. The van der Waals surface area contributed by atoms with E-state index in [-0.39, 0.29) is 4.90 Å². The van der Waals surface area contributed by atoms with Gasteiger partial charge in [0.25, 0.3) is 10.0 Å². The van der Waals surface area contributed by atoms with Crippen LogP contribution in [0.4, 0.5) is 10.1 Å². The molecule has 0 aliphatic heterocycles. The van der Waals surface area contributed by atoms with E-state index in [9.17, 15) is 12.8 Å². The van der Waals surface area contributed by atoms with E-state index in [2.05, 4.69) is 10.2 Å². The minimum Gasteiger partial charge on any atom is -0.288 e. The Balaban J connectivity index is 2.07. The van der Waals surface area contributed by atoms with E-state index < -0.39 is 15.8 Å². The first kappa shape index (κ1) is 15.4. The summed E-state index contributed by atoms with van der Waals surface area (Å²) in [6, 6.07) is 8.49. The minimum atomic E-state index is -3.76. The number of fused-ring (bicyclic) bond motifs is 1. The summed E-state index contributed by atoms with van der Waals surface area (Å²) in [5.41, 5.74) is 0.991. The highest BCUT2D eigenvalue weighted by Gasteiger charge is 2.25. The number of anilines is 1. The van der Waals surface area contributed by atoms with Crippen LogP contribution in [-0.4, -0.2) is 29.6 Å². The van der Waals surface area contributed by atoms with Crippen molar-refractivity contribution in [3.8, 4) is 0 Å². The molecule has 0 unspecified atom stereocenters. The summed E-state index contributed by atoms with van der Waals surface area (Å²) in [6.07, 6.45) is 3.54. The van der Waals surface area contributed by atoms with Crippen LogP contribution in [0.2, 0.25) is 0 Å². The highest BCUT2D eigenvalue weighted by Crippen LogP contribution is 2.24. The zero-order valence-corrected chi connectivity index (χ0v) is 13.2. The molecule has 0 aliphatic carbocycles. The fraction of sp³-hybridized carbons (Fsp3) is 0.200. The Morgan fingerprint density at radius 2 is 1.91 bits per heavy atom. The van der Waals surface area contributed by atoms with Crippen LogP contribution in [0.1, 0.15) is 13.3 Å². The van der Waals surface area contributed by atoms with Gasteiger partial charge in [-0.15, -0.1) is 10.2 Å². The van der Waals surface area contributed by atoms with Gasteiger partial charge in [-0.05, 0) is 42.8 Å². The van der Waals surface area contributed by atoms with Crippen LogP contribution in [0.15, 0.2) is 53.8 Å². The SMILES string of the molecule is CCCN(c1ccc(F)cc1)S(=O)(=O)c1ccc2nncn2c1. The lowest BCUT2D eigenvalue weighted by atomic mass is 10.3. The van der Waals surface area contributed by atoms with Gasteiger partial charge in [0.05, 0.1) is 5.69 Å². The maximum absolute atomic E-state index is 13.1. The molecule has 0 radical (unpaired) electrons. The van der Waals surface area contributed by atoms with Crippen molar-refractivity contribution < 1.29 is 12.8 Å². The summed E-state index contributed by atoms with van der Waals surface area (Å²) < 4.78 is 41.8. The second-order valence-electron chi connectivity index (χ2n) is 5.01. The van der Waals surface area contributed by atoms with E-state index in [1.165, 1.54) is 47.2 Å². The highest BCUT2D eigenvalue weighted by atomic mass is 32.2. The summed E-state index contributed by atoms with van der Waals surface area (Å²) in [7, 11) is -3.76. The molecular weight excluding hydrogens is 319 g/mol. The average molecular weight is 334 g/mol. The fourth-order valence-corrected chi connectivity index (χ4v) is 3.85. The Hall–Kier alpha value is -2.48. The van der Waals surface area contributed by atoms with E-state index in [0.29, 0.717) is 24.3 Å². The zero-order valence-electron chi connectivity index (χ0n) is 12.4. The van der Waals surface area contributed by atoms with E-state index in [4.69, 9.17) is 0 Å². The molecular formula is C15H15FN4O2S. The van der Waals surface area contributed by atoms with E-state index in [1.54, 1.807) is 10.5 Å². The van der Waals surface area contributed by atoms with Crippen molar-refractivity contribution in [3.63, 3.8) is 0 Å². The summed E-state index contributed by atoms with van der Waals surface area (Å²) in [5, 5.41) is 7.59. The maximum Gasteiger partial charge on any atom is 0.265 e. The molecule has 3 aromatic rings. The number of sulfonamides is 1. The van der Waals surface area contributed by atoms with Crippen LogP contribution < -0.4 is 4.31 Å². The molecule has 0 saturated heterocycles. The molecule has 0 aliphatic rings. The molecule has 3 rings (SSSR count). The summed E-state index contributed by atoms with van der Waals surface area (Å²) in [4.78, 5) is 0.127. The molecule has 120 valence electrons. The number of hydrogen-bond acceptors (Lipinski definition) is 4. The Morgan fingerprint density at radius 1 is 1.17 bits per heavy atom. The number of aromatic nitrogens is 3. The number of halogens is 1. The highest BCUT2D eigenvalue weighted by molar-refractivity contribution is 7.92. The molecule has 2 heterocycles. The maximum atomic E-state index is 13.1. The topological polar surface area (TPSA) is 67.6 Å². The Kier molecular flexibility index (Phi) is 3.99. The third-order valence-electron chi connectivity index (χ3n) is 3.39. The summed E-state index contributed by atoms with van der Waals surface area (Å²) >= 11 is 0. The van der Waals surface area contributed by atoms with Gasteiger partial charge in [-0.25, -0.2) is 12.8 Å². The zero-order chi connectivity index (χ0) is 16.4. The van der Waals surface area contributed by atoms with E-state index in [0.717, 1.165) is 0 Å². The largest absolute Gasteiger partial charge is 0.288 e. The minimum absolute atomic E-state index is 0.127. The van der Waals surface area contributed by atoms with Crippen LogP contribution >= 0.6 is 0 Å². The van der Waals surface area contributed by atoms with Gasteiger partial charge in [0.1, 0.15) is 17.0 Å². The molecule has 0 N–H and O–H groups in total. The molecule has 0 amide bonds. The summed E-state index contributed by atoms with van der Waals surface area (Å²) in [6.45, 7) is 2.18. The van der Waals surface area contributed by atoms with Gasteiger partial charge in [-0.2, -0.15) is 0 Å². The van der Waals surface area contributed by atoms with Gasteiger partial charge in [-0.3, -0.25) is 8.71 Å². The second-order valence-corrected chi connectivity index (χ2v) is 6.88. The van der Waals surface area contributed by atoms with E-state index >= 15 is 0 Å². The molecule has 6 nitrogen and oxygen atoms in total. The van der Waals surface area contributed by atoms with Crippen LogP contribution in [0.3, 0.4) is 0 Å². The molecule has 2 aromatic heterocycles. The van der Waals surface area contributed by atoms with Gasteiger partial charge >= 0.3 is 0 Å². The first-order valence-electron chi connectivity index (χ1n) is 7.10. The molecule has 0 bridgehead atoms. The van der Waals surface area contributed by atoms with Gasteiger partial charge in [0.15, 0.2) is 5.65 Å². The lowest BCUT2D eigenvalue weighted by Crippen LogP contribution is -2.32. The van der Waals surface area contributed by atoms with Crippen molar-refractivity contribution in [2.75, 3.05) is 10.8 Å². The van der Waals surface area contributed by atoms with Crippen molar-refractivity contribution in [1.29, 1.82) is 0 Å². The normalized spacial score (nSPS) is 11.7. The van der Waals surface area contributed by atoms with Crippen molar-refractivity contribution in [3.05, 3.63) is 54.7 Å². The molecule has 8 heteroatoms. The van der Waals surface area contributed by atoms with E-state index in [1.807, 2.05) is 6.92 Å². The molecule has 23 heavy (non-hydrogen) atoms. The van der Waals surface area contributed by atoms with Crippen LogP contribution in [0, 0.1) is 5.82 Å². The number of hydrogen-bond donors (Lipinski definition) is 0. The number of benzene rings is 1. The molecule has 0 atom stereocenters. The molecule has 0 spiro atoms. The molecule has 0 saturated carbocycles. The van der Waals surface area contributed by atoms with Crippen LogP contribution in [0.25, 0.3) is 5.65 Å². The summed E-state index contributed by atoms with van der Waals surface area (Å²) in [5.74, 6) is -0.409. The first-order valence-corrected chi connectivity index (χ1v) is 8.54. The van der Waals surface area contributed by atoms with Crippen molar-refractivity contribution >= 4 is 21.4 Å². The van der Waals surface area contributed by atoms with Gasteiger partial charge in [-0.1, -0.05) is 6.92 Å². The number of nitrogens with zero attached hydrogens (tertiary/aromatic N) is 4. The first-order chi connectivity index (χ1) is 11.0. The number of rotatable bonds is 5. The molecule has 1 aromatic carbocycles. The standard InChI is InChI=1S/C15H15FN4O2S/c1-2-9-20(13-5-3-12(16)4-6-13)23(21,22)14-7-8-15-18-17-11-19(15)10-14/h3-8,10-11H,2,9H2,1H3. The van der Waals surface area contributed by atoms with Gasteiger partial charge < -0.3 is 0 Å². The fourth-order valence-electron chi connectivity index (χ4n) is 2.29. The quantitative estimate of drug-likeness (QED) is 0.719. The molecule has 0 fully saturated rings. The van der Waals surface area contributed by atoms with Crippen LogP contribution in [-0.2, 0) is 10.0 Å². The second kappa shape index (κ2) is 5.96. The third kappa shape index (κ3) is 2.89. The average Bonchev–Trinajstić information content (AvgIpc) is 3.01. The van der Waals surface area contributed by atoms with Crippen molar-refractivity contribution in [2.24, 2.45) is 0 Å². The smallest absolute Gasteiger partial charge is 0.265 e. The predicted molar refractivity (Wildman–Crippen MR) is 84.2 cm³/mol. The third-order valence-corrected chi connectivity index (χ3v) is 5.20. The lowest BCUT2D eigenvalue weighted by molar-refractivity contribution is 0.589. The lowest BCUT2D eigenvalue weighted by Gasteiger charge is -2.24. The Morgan fingerprint density at radius 3 is 2.61 bits per heavy atom. The van der Waals surface area contributed by atoms with Gasteiger partial charge in [0.2, 0.25) is 0 Å². The Labute approximate surface area is 133 Å². The van der Waals surface area contributed by atoms with Crippen molar-refractivity contribution in [2.45, 2.75) is 18.2 Å². The monoisotopic (exact) mass is 334 g/mol. The number of pyridine rings is 1. The van der Waals surface area contributed by atoms with Crippen molar-refractivity contribution in [1.82, 2.24) is 14.6 Å².